The lowest BCUT2D eigenvalue weighted by atomic mass is 9.98. The number of aryl methyl sites for hydroxylation is 1. The molecule has 0 N–H and O–H groups in total. The van der Waals surface area contributed by atoms with Gasteiger partial charge in [0.2, 0.25) is 5.91 Å². The lowest BCUT2D eigenvalue weighted by Gasteiger charge is -2.30. The average Bonchev–Trinajstić information content (AvgIpc) is 3.45. The molecule has 0 radical (unpaired) electrons. The Morgan fingerprint density at radius 3 is 2.67 bits per heavy atom. The molecule has 0 saturated heterocycles. The van der Waals surface area contributed by atoms with E-state index >= 15 is 0 Å². The van der Waals surface area contributed by atoms with E-state index < -0.39 is 0 Å². The van der Waals surface area contributed by atoms with Crippen LogP contribution in [0, 0.1) is 5.92 Å². The minimum Gasteiger partial charge on any atom is -0.338 e. The molecule has 24 heavy (non-hydrogen) atoms. The van der Waals surface area contributed by atoms with Gasteiger partial charge in [-0.15, -0.1) is 0 Å². The second-order valence-corrected chi connectivity index (χ2v) is 6.99. The Bertz CT molecular complexity index is 784. The predicted molar refractivity (Wildman–Crippen MR) is 93.7 cm³/mol. The molecule has 0 atom stereocenters. The average molecular weight is 342 g/mol. The van der Waals surface area contributed by atoms with Crippen LogP contribution in [0.2, 0.25) is 5.02 Å². The van der Waals surface area contributed by atoms with Crippen LogP contribution in [0.4, 0.5) is 0 Å². The van der Waals surface area contributed by atoms with Gasteiger partial charge in [0.25, 0.3) is 0 Å². The summed E-state index contributed by atoms with van der Waals surface area (Å²) < 4.78 is 0. The maximum Gasteiger partial charge on any atom is 0.225 e. The van der Waals surface area contributed by atoms with Gasteiger partial charge in [0.05, 0.1) is 11.4 Å². The first-order chi connectivity index (χ1) is 11.7. The molecule has 1 aromatic heterocycles. The molecule has 1 fully saturated rings. The summed E-state index contributed by atoms with van der Waals surface area (Å²) in [6.45, 7) is 3.45. The number of carbonyl (C=O) groups is 1. The normalized spacial score (nSPS) is 16.8. The van der Waals surface area contributed by atoms with Crippen LogP contribution < -0.4 is 0 Å². The number of benzene rings is 1. The smallest absolute Gasteiger partial charge is 0.225 e. The standard InChI is InChI=1S/C19H20ClN3O/c1-2-17-21-16-9-10-23(19(24)13-3-4-13)11-15(16)18(22-17)12-5-7-14(20)8-6-12/h5-8,13H,2-4,9-11H2,1H3. The van der Waals surface area contributed by atoms with Crippen molar-refractivity contribution in [1.82, 2.24) is 14.9 Å². The molecule has 0 unspecified atom stereocenters. The largest absolute Gasteiger partial charge is 0.338 e. The van der Waals surface area contributed by atoms with Gasteiger partial charge in [0.15, 0.2) is 0 Å². The van der Waals surface area contributed by atoms with Crippen molar-refractivity contribution in [2.45, 2.75) is 39.2 Å². The zero-order valence-corrected chi connectivity index (χ0v) is 14.5. The number of nitrogens with zero attached hydrogens (tertiary/aromatic N) is 3. The molecule has 0 spiro atoms. The lowest BCUT2D eigenvalue weighted by Crippen LogP contribution is -2.37. The topological polar surface area (TPSA) is 46.1 Å². The van der Waals surface area contributed by atoms with Gasteiger partial charge in [-0.05, 0) is 25.0 Å². The number of aromatic nitrogens is 2. The summed E-state index contributed by atoms with van der Waals surface area (Å²) in [5, 5.41) is 0.711. The van der Waals surface area contributed by atoms with Gasteiger partial charge >= 0.3 is 0 Å². The number of hydrogen-bond acceptors (Lipinski definition) is 3. The minimum absolute atomic E-state index is 0.251. The molecule has 124 valence electrons. The van der Waals surface area contributed by atoms with E-state index in [4.69, 9.17) is 21.6 Å². The fourth-order valence-corrected chi connectivity index (χ4v) is 3.37. The molecule has 4 rings (SSSR count). The quantitative estimate of drug-likeness (QED) is 0.856. The SMILES string of the molecule is CCc1nc2c(c(-c3ccc(Cl)cc3)n1)CN(C(=O)C1CC1)CC2. The van der Waals surface area contributed by atoms with E-state index in [0.29, 0.717) is 17.5 Å². The Morgan fingerprint density at radius 2 is 2.00 bits per heavy atom. The lowest BCUT2D eigenvalue weighted by molar-refractivity contribution is -0.133. The van der Waals surface area contributed by atoms with Crippen LogP contribution in [0.25, 0.3) is 11.3 Å². The molecule has 1 aliphatic heterocycles. The summed E-state index contributed by atoms with van der Waals surface area (Å²) in [7, 11) is 0. The van der Waals surface area contributed by atoms with Crippen molar-refractivity contribution in [3.8, 4) is 11.3 Å². The zero-order chi connectivity index (χ0) is 16.7. The Labute approximate surface area is 146 Å². The van der Waals surface area contributed by atoms with E-state index in [1.165, 1.54) is 0 Å². The van der Waals surface area contributed by atoms with E-state index in [1.54, 1.807) is 0 Å². The molecule has 1 saturated carbocycles. The summed E-state index contributed by atoms with van der Waals surface area (Å²) in [6.07, 6.45) is 3.69. The van der Waals surface area contributed by atoms with E-state index in [9.17, 15) is 4.79 Å². The third kappa shape index (κ3) is 2.91. The highest BCUT2D eigenvalue weighted by Gasteiger charge is 2.35. The first-order valence-corrected chi connectivity index (χ1v) is 8.97. The van der Waals surface area contributed by atoms with Crippen molar-refractivity contribution in [2.24, 2.45) is 5.92 Å². The van der Waals surface area contributed by atoms with Gasteiger partial charge in [-0.1, -0.05) is 30.7 Å². The van der Waals surface area contributed by atoms with E-state index in [-0.39, 0.29) is 5.92 Å². The highest BCUT2D eigenvalue weighted by molar-refractivity contribution is 6.30. The summed E-state index contributed by atoms with van der Waals surface area (Å²) in [6, 6.07) is 7.75. The van der Waals surface area contributed by atoms with Crippen molar-refractivity contribution >= 4 is 17.5 Å². The van der Waals surface area contributed by atoms with Gasteiger partial charge in [-0.3, -0.25) is 4.79 Å². The molecular weight excluding hydrogens is 322 g/mol. The number of fused-ring (bicyclic) bond motifs is 1. The van der Waals surface area contributed by atoms with E-state index in [1.807, 2.05) is 29.2 Å². The Kier molecular flexibility index (Phi) is 4.01. The molecule has 2 aromatic rings. The van der Waals surface area contributed by atoms with Crippen molar-refractivity contribution in [2.75, 3.05) is 6.54 Å². The number of carbonyl (C=O) groups excluding carboxylic acids is 1. The first-order valence-electron chi connectivity index (χ1n) is 8.59. The highest BCUT2D eigenvalue weighted by Crippen LogP contribution is 2.34. The van der Waals surface area contributed by atoms with Crippen molar-refractivity contribution in [1.29, 1.82) is 0 Å². The van der Waals surface area contributed by atoms with E-state index in [0.717, 1.165) is 60.6 Å². The molecule has 5 heteroatoms. The monoisotopic (exact) mass is 341 g/mol. The number of halogens is 1. The first kappa shape index (κ1) is 15.6. The maximum absolute atomic E-state index is 12.5. The van der Waals surface area contributed by atoms with Crippen LogP contribution >= 0.6 is 11.6 Å². The predicted octanol–water partition coefficient (Wildman–Crippen LogP) is 3.65. The van der Waals surface area contributed by atoms with Crippen LogP contribution in [0.5, 0.6) is 0 Å². The number of hydrogen-bond donors (Lipinski definition) is 0. The zero-order valence-electron chi connectivity index (χ0n) is 13.8. The molecular formula is C19H20ClN3O. The molecule has 2 heterocycles. The third-order valence-electron chi connectivity index (χ3n) is 4.78. The summed E-state index contributed by atoms with van der Waals surface area (Å²) in [4.78, 5) is 23.9. The molecule has 1 amide bonds. The van der Waals surface area contributed by atoms with Crippen LogP contribution in [-0.2, 0) is 24.2 Å². The molecule has 2 aliphatic rings. The highest BCUT2D eigenvalue weighted by atomic mass is 35.5. The molecule has 4 nitrogen and oxygen atoms in total. The van der Waals surface area contributed by atoms with Crippen molar-refractivity contribution in [3.05, 3.63) is 46.4 Å². The molecule has 1 aromatic carbocycles. The van der Waals surface area contributed by atoms with E-state index in [2.05, 4.69) is 6.92 Å². The van der Waals surface area contributed by atoms with Crippen LogP contribution in [0.1, 0.15) is 36.8 Å². The minimum atomic E-state index is 0.251. The Morgan fingerprint density at radius 1 is 1.25 bits per heavy atom. The number of rotatable bonds is 3. The Balaban J connectivity index is 1.75. The fraction of sp³-hybridized carbons (Fsp3) is 0.421. The van der Waals surface area contributed by atoms with Gasteiger partial charge in [0.1, 0.15) is 5.82 Å². The van der Waals surface area contributed by atoms with Crippen molar-refractivity contribution in [3.63, 3.8) is 0 Å². The maximum atomic E-state index is 12.5. The summed E-state index contributed by atoms with van der Waals surface area (Å²) in [5.41, 5.74) is 4.16. The Hall–Kier alpha value is -1.94. The van der Waals surface area contributed by atoms with Gasteiger partial charge in [0, 0.05) is 48.0 Å². The van der Waals surface area contributed by atoms with Gasteiger partial charge < -0.3 is 4.90 Å². The van der Waals surface area contributed by atoms with Crippen LogP contribution in [0.15, 0.2) is 24.3 Å². The summed E-state index contributed by atoms with van der Waals surface area (Å²) >= 11 is 6.02. The second kappa shape index (κ2) is 6.17. The third-order valence-corrected chi connectivity index (χ3v) is 5.03. The van der Waals surface area contributed by atoms with Gasteiger partial charge in [-0.25, -0.2) is 9.97 Å². The second-order valence-electron chi connectivity index (χ2n) is 6.56. The number of amides is 1. The van der Waals surface area contributed by atoms with Gasteiger partial charge in [-0.2, -0.15) is 0 Å². The fourth-order valence-electron chi connectivity index (χ4n) is 3.25. The molecule has 1 aliphatic carbocycles. The van der Waals surface area contributed by atoms with Crippen molar-refractivity contribution < 1.29 is 4.79 Å². The van der Waals surface area contributed by atoms with Crippen LogP contribution in [0.3, 0.4) is 0 Å². The van der Waals surface area contributed by atoms with Crippen LogP contribution in [-0.4, -0.2) is 27.3 Å². The summed E-state index contributed by atoms with van der Waals surface area (Å²) in [5.74, 6) is 1.41. The molecule has 0 bridgehead atoms.